The molecule has 0 amide bonds. The molecule has 2 aromatic heterocycles. The fourth-order valence-electron chi connectivity index (χ4n) is 3.96. The average molecular weight is 391 g/mol. The van der Waals surface area contributed by atoms with E-state index in [9.17, 15) is 4.79 Å². The van der Waals surface area contributed by atoms with Crippen LogP contribution in [0.15, 0.2) is 29.1 Å². The van der Waals surface area contributed by atoms with Gasteiger partial charge in [0.1, 0.15) is 30.9 Å². The van der Waals surface area contributed by atoms with Crippen LogP contribution in [-0.2, 0) is 6.54 Å². The Morgan fingerprint density at radius 1 is 1.19 bits per heavy atom. The fourth-order valence-corrected chi connectivity index (χ4v) is 5.34. The van der Waals surface area contributed by atoms with Crippen LogP contribution in [0.4, 0.5) is 0 Å². The topological polar surface area (TPSA) is 46.7 Å². The van der Waals surface area contributed by atoms with E-state index >= 15 is 0 Å². The van der Waals surface area contributed by atoms with Gasteiger partial charge in [-0.1, -0.05) is 18.2 Å². The van der Waals surface area contributed by atoms with Gasteiger partial charge in [0.05, 0.1) is 18.6 Å². The quantitative estimate of drug-likeness (QED) is 0.555. The minimum atomic E-state index is 0.0557. The van der Waals surface area contributed by atoms with Crippen LogP contribution in [-0.4, -0.2) is 48.8 Å². The van der Waals surface area contributed by atoms with Crippen LogP contribution in [0.25, 0.3) is 20.3 Å². The summed E-state index contributed by atoms with van der Waals surface area (Å²) in [6.45, 7) is 10.3. The van der Waals surface area contributed by atoms with Gasteiger partial charge < -0.3 is 14.8 Å². The molecule has 26 heavy (non-hydrogen) atoms. The number of piperazine rings is 1. The standard InChI is InChI=1S/C19H24N4OS2/c1-2-21-10-12-22(13-11-21)8-5-9-23-18(24)17-16(20-19(23)25)14-6-3-4-7-15(14)26-17/h3-4,6-7H,2,5,8-13H2,1H3,(H,20,25)/p+2. The molecular weight excluding hydrogens is 364 g/mol. The first-order valence-electron chi connectivity index (χ1n) is 9.49. The highest BCUT2D eigenvalue weighted by molar-refractivity contribution is 7.71. The van der Waals surface area contributed by atoms with Crippen LogP contribution in [0, 0.1) is 4.77 Å². The summed E-state index contributed by atoms with van der Waals surface area (Å²) < 4.78 is 4.21. The summed E-state index contributed by atoms with van der Waals surface area (Å²) in [6, 6.07) is 8.11. The minimum absolute atomic E-state index is 0.0557. The molecule has 0 atom stereocenters. The molecule has 4 rings (SSSR count). The Morgan fingerprint density at radius 2 is 1.92 bits per heavy atom. The predicted octanol–water partition coefficient (Wildman–Crippen LogP) is 0.467. The predicted molar refractivity (Wildman–Crippen MR) is 110 cm³/mol. The van der Waals surface area contributed by atoms with Gasteiger partial charge in [0, 0.05) is 23.1 Å². The number of likely N-dealkylation sites (N-methyl/N-ethyl adjacent to an activating group) is 1. The van der Waals surface area contributed by atoms with E-state index in [0.29, 0.717) is 11.3 Å². The first kappa shape index (κ1) is 17.9. The molecule has 0 unspecified atom stereocenters. The van der Waals surface area contributed by atoms with Gasteiger partial charge in [0.15, 0.2) is 4.77 Å². The Balaban J connectivity index is 1.51. The van der Waals surface area contributed by atoms with Crippen molar-refractivity contribution in [1.29, 1.82) is 0 Å². The molecule has 0 bridgehead atoms. The second kappa shape index (κ2) is 7.60. The molecule has 1 fully saturated rings. The maximum absolute atomic E-state index is 13.0. The molecular formula is C19H26N4OS2+2. The Morgan fingerprint density at radius 3 is 2.69 bits per heavy atom. The second-order valence-corrected chi connectivity index (χ2v) is 8.59. The zero-order valence-electron chi connectivity index (χ0n) is 15.1. The molecule has 5 nitrogen and oxygen atoms in total. The SMILES string of the molecule is CC[NH+]1CC[NH+](CCCn2c(=S)[nH]c3c(sc4ccccc43)c2=O)CC1. The summed E-state index contributed by atoms with van der Waals surface area (Å²) in [5.74, 6) is 0. The third-order valence-corrected chi connectivity index (χ3v) is 7.07. The molecule has 0 aliphatic carbocycles. The lowest BCUT2D eigenvalue weighted by Crippen LogP contribution is -3.28. The second-order valence-electron chi connectivity index (χ2n) is 7.15. The molecule has 3 aromatic rings. The van der Waals surface area contributed by atoms with Gasteiger partial charge in [-0.3, -0.25) is 9.36 Å². The van der Waals surface area contributed by atoms with Crippen molar-refractivity contribution < 1.29 is 9.80 Å². The van der Waals surface area contributed by atoms with Gasteiger partial charge in [0.25, 0.3) is 5.56 Å². The van der Waals surface area contributed by atoms with E-state index < -0.39 is 0 Å². The highest BCUT2D eigenvalue weighted by Gasteiger charge is 2.21. The van der Waals surface area contributed by atoms with Crippen molar-refractivity contribution in [3.63, 3.8) is 0 Å². The van der Waals surface area contributed by atoms with E-state index in [1.54, 1.807) is 25.7 Å². The van der Waals surface area contributed by atoms with Crippen LogP contribution >= 0.6 is 23.6 Å². The lowest BCUT2D eigenvalue weighted by Gasteiger charge is -2.29. The molecule has 3 heterocycles. The number of aromatic amines is 1. The summed E-state index contributed by atoms with van der Waals surface area (Å²) in [7, 11) is 0. The number of rotatable bonds is 5. The summed E-state index contributed by atoms with van der Waals surface area (Å²) in [5, 5.41) is 1.09. The maximum Gasteiger partial charge on any atom is 0.272 e. The number of thiophene rings is 1. The van der Waals surface area contributed by atoms with Gasteiger partial charge in [-0.25, -0.2) is 0 Å². The number of quaternary nitrogens is 2. The number of hydrogen-bond acceptors (Lipinski definition) is 3. The third-order valence-electron chi connectivity index (χ3n) is 5.59. The Kier molecular flexibility index (Phi) is 5.22. The molecule has 1 aliphatic rings. The van der Waals surface area contributed by atoms with E-state index in [4.69, 9.17) is 12.2 Å². The maximum atomic E-state index is 13.0. The zero-order valence-corrected chi connectivity index (χ0v) is 16.8. The molecule has 138 valence electrons. The van der Waals surface area contributed by atoms with Gasteiger partial charge in [0.2, 0.25) is 0 Å². The monoisotopic (exact) mass is 390 g/mol. The first-order chi connectivity index (χ1) is 12.7. The average Bonchev–Trinajstić information content (AvgIpc) is 3.04. The Labute approximate surface area is 161 Å². The molecule has 0 spiro atoms. The molecule has 1 aromatic carbocycles. The largest absolute Gasteiger partial charge is 0.330 e. The van der Waals surface area contributed by atoms with Crippen LogP contribution < -0.4 is 15.4 Å². The van der Waals surface area contributed by atoms with E-state index in [1.165, 1.54) is 32.7 Å². The smallest absolute Gasteiger partial charge is 0.272 e. The molecule has 7 heteroatoms. The summed E-state index contributed by atoms with van der Waals surface area (Å²) in [4.78, 5) is 19.6. The number of benzene rings is 1. The van der Waals surface area contributed by atoms with Gasteiger partial charge in [-0.05, 0) is 25.2 Å². The van der Waals surface area contributed by atoms with Crippen molar-refractivity contribution in [1.82, 2.24) is 9.55 Å². The highest BCUT2D eigenvalue weighted by atomic mass is 32.1. The van der Waals surface area contributed by atoms with Gasteiger partial charge in [-0.2, -0.15) is 0 Å². The normalized spacial score (nSPS) is 20.8. The molecule has 1 aliphatic heterocycles. The highest BCUT2D eigenvalue weighted by Crippen LogP contribution is 2.29. The molecule has 1 saturated heterocycles. The van der Waals surface area contributed by atoms with Crippen LogP contribution in [0.1, 0.15) is 13.3 Å². The van der Waals surface area contributed by atoms with Crippen molar-refractivity contribution >= 4 is 43.9 Å². The number of nitrogens with zero attached hydrogens (tertiary/aromatic N) is 1. The first-order valence-corrected chi connectivity index (χ1v) is 10.7. The number of aromatic nitrogens is 2. The Hall–Kier alpha value is -1.54. The van der Waals surface area contributed by atoms with Crippen molar-refractivity contribution in [3.8, 4) is 0 Å². The number of fused-ring (bicyclic) bond motifs is 3. The Bertz CT molecular complexity index is 1030. The fraction of sp³-hybridized carbons (Fsp3) is 0.474. The van der Waals surface area contributed by atoms with Crippen LogP contribution in [0.5, 0.6) is 0 Å². The lowest BCUT2D eigenvalue weighted by atomic mass is 10.2. The van der Waals surface area contributed by atoms with Crippen LogP contribution in [0.3, 0.4) is 0 Å². The summed E-state index contributed by atoms with van der Waals surface area (Å²) in [5.41, 5.74) is 0.946. The third kappa shape index (κ3) is 3.36. The molecule has 0 radical (unpaired) electrons. The lowest BCUT2D eigenvalue weighted by molar-refractivity contribution is -1.01. The van der Waals surface area contributed by atoms with E-state index in [2.05, 4.69) is 18.0 Å². The van der Waals surface area contributed by atoms with Crippen molar-refractivity contribution in [3.05, 3.63) is 39.4 Å². The number of H-pyrrole nitrogens is 1. The molecule has 3 N–H and O–H groups in total. The molecule has 0 saturated carbocycles. The van der Waals surface area contributed by atoms with E-state index in [1.807, 2.05) is 18.2 Å². The number of hydrogen-bond donors (Lipinski definition) is 3. The van der Waals surface area contributed by atoms with Gasteiger partial charge in [-0.15, -0.1) is 11.3 Å². The van der Waals surface area contributed by atoms with Crippen molar-refractivity contribution in [2.45, 2.75) is 19.9 Å². The van der Waals surface area contributed by atoms with E-state index in [-0.39, 0.29) is 5.56 Å². The minimum Gasteiger partial charge on any atom is -0.330 e. The van der Waals surface area contributed by atoms with E-state index in [0.717, 1.165) is 33.3 Å². The zero-order chi connectivity index (χ0) is 18.1. The summed E-state index contributed by atoms with van der Waals surface area (Å²) >= 11 is 7.06. The van der Waals surface area contributed by atoms with Crippen molar-refractivity contribution in [2.75, 3.05) is 39.3 Å². The number of nitrogens with one attached hydrogen (secondary N) is 3. The summed E-state index contributed by atoms with van der Waals surface area (Å²) in [6.07, 6.45) is 0.991. The van der Waals surface area contributed by atoms with Crippen molar-refractivity contribution in [2.24, 2.45) is 0 Å². The van der Waals surface area contributed by atoms with Crippen LogP contribution in [0.2, 0.25) is 0 Å². The van der Waals surface area contributed by atoms with Gasteiger partial charge >= 0.3 is 0 Å².